The normalized spacial score (nSPS) is 11.2. The van der Waals surface area contributed by atoms with Crippen molar-refractivity contribution in [2.24, 2.45) is 0 Å². The van der Waals surface area contributed by atoms with Gasteiger partial charge in [0, 0.05) is 12.1 Å². The highest BCUT2D eigenvalue weighted by Crippen LogP contribution is 2.20. The number of nitrogens with two attached hydrogens (primary N) is 1. The van der Waals surface area contributed by atoms with Crippen LogP contribution in [0.4, 0.5) is 11.4 Å². The van der Waals surface area contributed by atoms with Gasteiger partial charge in [0.15, 0.2) is 0 Å². The number of hydrogen-bond acceptors (Lipinski definition) is 4. The maximum absolute atomic E-state index is 13.2. The van der Waals surface area contributed by atoms with Gasteiger partial charge in [0.1, 0.15) is 6.04 Å². The van der Waals surface area contributed by atoms with Gasteiger partial charge >= 0.3 is 0 Å². The molecule has 37 heavy (non-hydrogen) atoms. The fraction of sp³-hybridized carbons (Fsp3) is 0.100. The first-order valence-electron chi connectivity index (χ1n) is 11.9. The molecule has 0 bridgehead atoms. The molecule has 0 aromatic heterocycles. The van der Waals surface area contributed by atoms with Crippen LogP contribution in [0.1, 0.15) is 33.1 Å². The molecular weight excluding hydrogens is 464 g/mol. The first kappa shape index (κ1) is 25.2. The molecule has 0 fully saturated rings. The number of para-hydroxylation sites is 2. The Bertz CT molecular complexity index is 1360. The van der Waals surface area contributed by atoms with Gasteiger partial charge in [-0.05, 0) is 41.0 Å². The van der Waals surface area contributed by atoms with E-state index in [0.717, 1.165) is 11.1 Å². The summed E-state index contributed by atoms with van der Waals surface area (Å²) < 4.78 is 0. The van der Waals surface area contributed by atoms with Crippen LogP contribution in [0, 0.1) is 0 Å². The van der Waals surface area contributed by atoms with Gasteiger partial charge < -0.3 is 21.7 Å². The fourth-order valence-corrected chi connectivity index (χ4v) is 3.81. The molecule has 4 rings (SSSR count). The molecule has 0 aliphatic heterocycles. The van der Waals surface area contributed by atoms with Crippen molar-refractivity contribution in [1.82, 2.24) is 10.6 Å². The van der Waals surface area contributed by atoms with Gasteiger partial charge in [-0.15, -0.1) is 0 Å². The molecule has 0 saturated heterocycles. The molecule has 0 saturated carbocycles. The number of anilines is 2. The van der Waals surface area contributed by atoms with Crippen molar-refractivity contribution in [1.29, 1.82) is 0 Å². The molecule has 4 aromatic rings. The Hall–Kier alpha value is -4.91. The number of nitrogen functional groups attached to an aromatic ring is 1. The van der Waals surface area contributed by atoms with Crippen molar-refractivity contribution in [2.75, 3.05) is 11.1 Å². The van der Waals surface area contributed by atoms with E-state index in [0.29, 0.717) is 29.0 Å². The van der Waals surface area contributed by atoms with Crippen LogP contribution >= 0.6 is 0 Å². The van der Waals surface area contributed by atoms with Gasteiger partial charge in [-0.25, -0.2) is 0 Å². The highest BCUT2D eigenvalue weighted by atomic mass is 16.2. The number of hydrogen-bond donors (Lipinski definition) is 4. The van der Waals surface area contributed by atoms with Crippen molar-refractivity contribution >= 4 is 29.1 Å². The van der Waals surface area contributed by atoms with E-state index in [1.165, 1.54) is 0 Å². The summed E-state index contributed by atoms with van der Waals surface area (Å²) >= 11 is 0. The summed E-state index contributed by atoms with van der Waals surface area (Å²) in [6.45, 7) is 0.323. The third-order valence-corrected chi connectivity index (χ3v) is 5.80. The standard InChI is InChI=1S/C30H28N4O3/c31-25-13-7-8-14-26(25)33-29(36)24-17-15-23(16-18-24)28(30(37)32-20-22-11-5-2-6-12-22)34-27(35)19-21-9-3-1-4-10-21/h1-18,28H,19-20,31H2,(H,32,37)(H,33,36)(H,34,35). The fourth-order valence-electron chi connectivity index (χ4n) is 3.81. The molecule has 7 heteroatoms. The lowest BCUT2D eigenvalue weighted by atomic mass is 10.0. The number of carbonyl (C=O) groups excluding carboxylic acids is 3. The van der Waals surface area contributed by atoms with Crippen LogP contribution < -0.4 is 21.7 Å². The Labute approximate surface area is 215 Å². The van der Waals surface area contributed by atoms with Crippen LogP contribution in [0.15, 0.2) is 109 Å². The first-order chi connectivity index (χ1) is 18.0. The molecule has 4 aromatic carbocycles. The monoisotopic (exact) mass is 492 g/mol. The van der Waals surface area contributed by atoms with E-state index in [1.807, 2.05) is 60.7 Å². The highest BCUT2D eigenvalue weighted by molar-refractivity contribution is 6.05. The number of carbonyl (C=O) groups is 3. The molecule has 0 heterocycles. The van der Waals surface area contributed by atoms with E-state index in [2.05, 4.69) is 16.0 Å². The zero-order chi connectivity index (χ0) is 26.0. The molecule has 0 aliphatic carbocycles. The van der Waals surface area contributed by atoms with Gasteiger partial charge in [0.25, 0.3) is 5.91 Å². The Balaban J connectivity index is 1.49. The Morgan fingerprint density at radius 3 is 1.95 bits per heavy atom. The summed E-state index contributed by atoms with van der Waals surface area (Å²) in [5.74, 6) is -0.963. The molecule has 5 N–H and O–H groups in total. The van der Waals surface area contributed by atoms with E-state index < -0.39 is 6.04 Å². The smallest absolute Gasteiger partial charge is 0.255 e. The third kappa shape index (κ3) is 7.05. The second-order valence-corrected chi connectivity index (χ2v) is 8.53. The summed E-state index contributed by atoms with van der Waals surface area (Å²) in [6.07, 6.45) is 0.141. The lowest BCUT2D eigenvalue weighted by Gasteiger charge is -2.19. The summed E-state index contributed by atoms with van der Waals surface area (Å²) in [6, 6.07) is 31.5. The molecule has 1 atom stereocenters. The lowest BCUT2D eigenvalue weighted by molar-refractivity contribution is -0.129. The summed E-state index contributed by atoms with van der Waals surface area (Å²) in [4.78, 5) is 38.7. The van der Waals surface area contributed by atoms with E-state index in [1.54, 1.807) is 48.5 Å². The first-order valence-corrected chi connectivity index (χ1v) is 11.9. The quantitative estimate of drug-likeness (QED) is 0.262. The van der Waals surface area contributed by atoms with Crippen molar-refractivity contribution < 1.29 is 14.4 Å². The molecule has 0 spiro atoms. The van der Waals surface area contributed by atoms with E-state index in [4.69, 9.17) is 5.73 Å². The van der Waals surface area contributed by atoms with E-state index in [9.17, 15) is 14.4 Å². The summed E-state index contributed by atoms with van der Waals surface area (Å²) in [5, 5.41) is 8.52. The van der Waals surface area contributed by atoms with Crippen molar-refractivity contribution in [3.05, 3.63) is 131 Å². The summed E-state index contributed by atoms with van der Waals surface area (Å²) in [7, 11) is 0. The predicted molar refractivity (Wildman–Crippen MR) is 145 cm³/mol. The molecule has 7 nitrogen and oxygen atoms in total. The van der Waals surface area contributed by atoms with Gasteiger partial charge in [0.2, 0.25) is 11.8 Å². The highest BCUT2D eigenvalue weighted by Gasteiger charge is 2.23. The SMILES string of the molecule is Nc1ccccc1NC(=O)c1ccc(C(NC(=O)Cc2ccccc2)C(=O)NCc2ccccc2)cc1. The second kappa shape index (κ2) is 12.2. The average Bonchev–Trinajstić information content (AvgIpc) is 2.93. The zero-order valence-electron chi connectivity index (χ0n) is 20.2. The minimum atomic E-state index is -0.929. The Morgan fingerprint density at radius 2 is 1.30 bits per heavy atom. The number of amides is 3. The van der Waals surface area contributed by atoms with Crippen molar-refractivity contribution in [3.8, 4) is 0 Å². The third-order valence-electron chi connectivity index (χ3n) is 5.80. The van der Waals surface area contributed by atoms with Crippen LogP contribution in [0.3, 0.4) is 0 Å². The van der Waals surface area contributed by atoms with E-state index in [-0.39, 0.29) is 24.1 Å². The minimum Gasteiger partial charge on any atom is -0.397 e. The van der Waals surface area contributed by atoms with Gasteiger partial charge in [-0.2, -0.15) is 0 Å². The Morgan fingerprint density at radius 1 is 0.703 bits per heavy atom. The molecule has 186 valence electrons. The molecular formula is C30H28N4O3. The molecule has 0 radical (unpaired) electrons. The number of rotatable bonds is 9. The number of benzene rings is 4. The van der Waals surface area contributed by atoms with E-state index >= 15 is 0 Å². The topological polar surface area (TPSA) is 113 Å². The maximum atomic E-state index is 13.2. The zero-order valence-corrected chi connectivity index (χ0v) is 20.2. The number of nitrogens with one attached hydrogen (secondary N) is 3. The largest absolute Gasteiger partial charge is 0.397 e. The van der Waals surface area contributed by atoms with Crippen LogP contribution in [0.5, 0.6) is 0 Å². The van der Waals surface area contributed by atoms with Crippen molar-refractivity contribution in [3.63, 3.8) is 0 Å². The average molecular weight is 493 g/mol. The minimum absolute atomic E-state index is 0.141. The van der Waals surface area contributed by atoms with Crippen LogP contribution in [-0.4, -0.2) is 17.7 Å². The summed E-state index contributed by atoms with van der Waals surface area (Å²) in [5.41, 5.74) is 9.63. The van der Waals surface area contributed by atoms with Crippen LogP contribution in [0.2, 0.25) is 0 Å². The maximum Gasteiger partial charge on any atom is 0.255 e. The lowest BCUT2D eigenvalue weighted by Crippen LogP contribution is -2.40. The Kier molecular flexibility index (Phi) is 8.29. The predicted octanol–water partition coefficient (Wildman–Crippen LogP) is 4.24. The molecule has 1 unspecified atom stereocenters. The van der Waals surface area contributed by atoms with Gasteiger partial charge in [0.05, 0.1) is 17.8 Å². The molecule has 3 amide bonds. The van der Waals surface area contributed by atoms with Crippen LogP contribution in [-0.2, 0) is 22.6 Å². The van der Waals surface area contributed by atoms with Crippen LogP contribution in [0.25, 0.3) is 0 Å². The van der Waals surface area contributed by atoms with Gasteiger partial charge in [-0.1, -0.05) is 84.9 Å². The van der Waals surface area contributed by atoms with Crippen molar-refractivity contribution in [2.45, 2.75) is 19.0 Å². The second-order valence-electron chi connectivity index (χ2n) is 8.53. The molecule has 0 aliphatic rings. The van der Waals surface area contributed by atoms with Gasteiger partial charge in [-0.3, -0.25) is 14.4 Å².